The lowest BCUT2D eigenvalue weighted by atomic mass is 9.95. The zero-order chi connectivity index (χ0) is 19.9. The molecule has 0 radical (unpaired) electrons. The molecule has 0 unspecified atom stereocenters. The number of likely N-dealkylation sites (tertiary alicyclic amines) is 1. The molecule has 2 aromatic rings. The van der Waals surface area contributed by atoms with E-state index in [1.165, 1.54) is 0 Å². The van der Waals surface area contributed by atoms with Crippen LogP contribution in [0.4, 0.5) is 0 Å². The number of piperidine rings is 1. The van der Waals surface area contributed by atoms with Gasteiger partial charge in [0.25, 0.3) is 0 Å². The second-order valence-electron chi connectivity index (χ2n) is 7.27. The van der Waals surface area contributed by atoms with E-state index in [1.807, 2.05) is 54.3 Å². The van der Waals surface area contributed by atoms with Crippen molar-refractivity contribution in [3.8, 4) is 5.75 Å². The molecule has 0 bridgehead atoms. The minimum atomic E-state index is -0.0364. The third kappa shape index (κ3) is 5.38. The SMILES string of the molecule is Cc1ccc(CN(C)C(=O)C2CCN(C(=O)CCOc3ccccc3)CC2)o1. The average Bonchev–Trinajstić information content (AvgIpc) is 3.12. The van der Waals surface area contributed by atoms with E-state index in [-0.39, 0.29) is 17.7 Å². The fourth-order valence-corrected chi connectivity index (χ4v) is 3.50. The Morgan fingerprint density at radius 2 is 1.86 bits per heavy atom. The van der Waals surface area contributed by atoms with Gasteiger partial charge in [0.15, 0.2) is 0 Å². The Labute approximate surface area is 166 Å². The van der Waals surface area contributed by atoms with Crippen molar-refractivity contribution < 1.29 is 18.7 Å². The fourth-order valence-electron chi connectivity index (χ4n) is 3.50. The second-order valence-corrected chi connectivity index (χ2v) is 7.27. The molecular formula is C22H28N2O4. The van der Waals surface area contributed by atoms with Crippen LogP contribution in [0, 0.1) is 12.8 Å². The Morgan fingerprint density at radius 1 is 1.14 bits per heavy atom. The highest BCUT2D eigenvalue weighted by molar-refractivity contribution is 5.80. The number of furan rings is 1. The number of carbonyl (C=O) groups is 2. The predicted octanol–water partition coefficient (Wildman–Crippen LogP) is 3.25. The zero-order valence-corrected chi connectivity index (χ0v) is 16.6. The number of amides is 2. The summed E-state index contributed by atoms with van der Waals surface area (Å²) in [6.45, 7) is 3.97. The van der Waals surface area contributed by atoms with Gasteiger partial charge < -0.3 is 19.0 Å². The highest BCUT2D eigenvalue weighted by Crippen LogP contribution is 2.21. The highest BCUT2D eigenvalue weighted by Gasteiger charge is 2.29. The largest absolute Gasteiger partial charge is 0.493 e. The normalized spacial score (nSPS) is 14.7. The Bertz CT molecular complexity index is 779. The van der Waals surface area contributed by atoms with Crippen LogP contribution in [-0.4, -0.2) is 48.4 Å². The molecule has 0 aliphatic carbocycles. The molecule has 1 aromatic heterocycles. The quantitative estimate of drug-likeness (QED) is 0.735. The number of hydrogen-bond donors (Lipinski definition) is 0. The van der Waals surface area contributed by atoms with Crippen LogP contribution in [0.2, 0.25) is 0 Å². The van der Waals surface area contributed by atoms with E-state index >= 15 is 0 Å². The van der Waals surface area contributed by atoms with Crippen LogP contribution in [0.5, 0.6) is 5.75 Å². The molecule has 0 saturated carbocycles. The van der Waals surface area contributed by atoms with Crippen molar-refractivity contribution in [2.24, 2.45) is 5.92 Å². The van der Waals surface area contributed by atoms with Gasteiger partial charge in [-0.3, -0.25) is 9.59 Å². The van der Waals surface area contributed by atoms with Gasteiger partial charge in [-0.15, -0.1) is 0 Å². The monoisotopic (exact) mass is 384 g/mol. The first-order valence-corrected chi connectivity index (χ1v) is 9.79. The molecular weight excluding hydrogens is 356 g/mol. The lowest BCUT2D eigenvalue weighted by molar-refractivity contribution is -0.140. The first kappa shape index (κ1) is 20.0. The standard InChI is InChI=1S/C22H28N2O4/c1-17-8-9-20(28-17)16-23(2)22(26)18-10-13-24(14-11-18)21(25)12-15-27-19-6-4-3-5-7-19/h3-9,18H,10-16H2,1-2H3. The lowest BCUT2D eigenvalue weighted by Crippen LogP contribution is -2.43. The molecule has 2 heterocycles. The molecule has 28 heavy (non-hydrogen) atoms. The minimum Gasteiger partial charge on any atom is -0.493 e. The maximum Gasteiger partial charge on any atom is 0.225 e. The van der Waals surface area contributed by atoms with E-state index in [0.29, 0.717) is 45.5 Å². The van der Waals surface area contributed by atoms with E-state index < -0.39 is 0 Å². The number of aryl methyl sites for hydroxylation is 1. The van der Waals surface area contributed by atoms with Crippen LogP contribution in [0.3, 0.4) is 0 Å². The van der Waals surface area contributed by atoms with Gasteiger partial charge in [0.2, 0.25) is 11.8 Å². The van der Waals surface area contributed by atoms with Gasteiger partial charge in [0.05, 0.1) is 19.6 Å². The van der Waals surface area contributed by atoms with Gasteiger partial charge >= 0.3 is 0 Å². The molecule has 150 valence electrons. The van der Waals surface area contributed by atoms with Crippen LogP contribution in [0.1, 0.15) is 30.8 Å². The number of hydrogen-bond acceptors (Lipinski definition) is 4. The molecule has 0 spiro atoms. The second kappa shape index (κ2) is 9.44. The molecule has 0 atom stereocenters. The van der Waals surface area contributed by atoms with Crippen LogP contribution < -0.4 is 4.74 Å². The van der Waals surface area contributed by atoms with Gasteiger partial charge in [-0.2, -0.15) is 0 Å². The van der Waals surface area contributed by atoms with Gasteiger partial charge in [0, 0.05) is 26.1 Å². The summed E-state index contributed by atoms with van der Waals surface area (Å²) in [5, 5.41) is 0. The minimum absolute atomic E-state index is 0.0364. The van der Waals surface area contributed by atoms with E-state index in [1.54, 1.807) is 11.9 Å². The summed E-state index contributed by atoms with van der Waals surface area (Å²) >= 11 is 0. The Hall–Kier alpha value is -2.76. The average molecular weight is 384 g/mol. The van der Waals surface area contributed by atoms with Crippen molar-refractivity contribution >= 4 is 11.8 Å². The number of benzene rings is 1. The highest BCUT2D eigenvalue weighted by atomic mass is 16.5. The van der Waals surface area contributed by atoms with E-state index in [2.05, 4.69) is 0 Å². The Kier molecular flexibility index (Phi) is 6.74. The summed E-state index contributed by atoms with van der Waals surface area (Å²) in [5.41, 5.74) is 0. The number of nitrogens with zero attached hydrogens (tertiary/aromatic N) is 2. The van der Waals surface area contributed by atoms with Crippen molar-refractivity contribution in [1.82, 2.24) is 9.80 Å². The molecule has 1 aromatic carbocycles. The number of ether oxygens (including phenoxy) is 1. The molecule has 3 rings (SSSR count). The van der Waals surface area contributed by atoms with Crippen LogP contribution >= 0.6 is 0 Å². The number of carbonyl (C=O) groups excluding carboxylic acids is 2. The molecule has 6 nitrogen and oxygen atoms in total. The summed E-state index contributed by atoms with van der Waals surface area (Å²) < 4.78 is 11.2. The van der Waals surface area contributed by atoms with Crippen molar-refractivity contribution in [2.45, 2.75) is 32.7 Å². The smallest absolute Gasteiger partial charge is 0.225 e. The molecule has 0 N–H and O–H groups in total. The Morgan fingerprint density at radius 3 is 2.50 bits per heavy atom. The number of para-hydroxylation sites is 1. The van der Waals surface area contributed by atoms with E-state index in [9.17, 15) is 9.59 Å². The molecule has 1 fully saturated rings. The summed E-state index contributed by atoms with van der Waals surface area (Å²) in [5.74, 6) is 2.58. The first-order valence-electron chi connectivity index (χ1n) is 9.79. The third-order valence-corrected chi connectivity index (χ3v) is 5.09. The maximum absolute atomic E-state index is 12.7. The molecule has 2 amide bonds. The van der Waals surface area contributed by atoms with E-state index in [4.69, 9.17) is 9.15 Å². The fraction of sp³-hybridized carbons (Fsp3) is 0.455. The summed E-state index contributed by atoms with van der Waals surface area (Å²) in [4.78, 5) is 28.6. The topological polar surface area (TPSA) is 63.0 Å². The van der Waals surface area contributed by atoms with Crippen molar-refractivity contribution in [3.05, 3.63) is 54.0 Å². The van der Waals surface area contributed by atoms with Crippen LogP contribution in [0.25, 0.3) is 0 Å². The van der Waals surface area contributed by atoms with Gasteiger partial charge in [-0.25, -0.2) is 0 Å². The van der Waals surface area contributed by atoms with E-state index in [0.717, 1.165) is 17.3 Å². The molecule has 1 saturated heterocycles. The summed E-state index contributed by atoms with van der Waals surface area (Å²) in [7, 11) is 1.80. The van der Waals surface area contributed by atoms with Crippen LogP contribution in [-0.2, 0) is 16.1 Å². The molecule has 6 heteroatoms. The van der Waals surface area contributed by atoms with Gasteiger partial charge in [0.1, 0.15) is 17.3 Å². The van der Waals surface area contributed by atoms with Crippen molar-refractivity contribution in [2.75, 3.05) is 26.7 Å². The summed E-state index contributed by atoms with van der Waals surface area (Å²) in [6, 6.07) is 13.3. The van der Waals surface area contributed by atoms with Gasteiger partial charge in [-0.1, -0.05) is 18.2 Å². The Balaban J connectivity index is 1.39. The van der Waals surface area contributed by atoms with Crippen molar-refractivity contribution in [3.63, 3.8) is 0 Å². The molecule has 1 aliphatic heterocycles. The zero-order valence-electron chi connectivity index (χ0n) is 16.6. The predicted molar refractivity (Wildman–Crippen MR) is 106 cm³/mol. The molecule has 1 aliphatic rings. The first-order chi connectivity index (χ1) is 13.5. The van der Waals surface area contributed by atoms with Crippen LogP contribution in [0.15, 0.2) is 46.9 Å². The number of rotatable bonds is 7. The van der Waals surface area contributed by atoms with Gasteiger partial charge in [-0.05, 0) is 44.0 Å². The maximum atomic E-state index is 12.7. The lowest BCUT2D eigenvalue weighted by Gasteiger charge is -2.33. The van der Waals surface area contributed by atoms with Crippen molar-refractivity contribution in [1.29, 1.82) is 0 Å². The third-order valence-electron chi connectivity index (χ3n) is 5.09. The summed E-state index contributed by atoms with van der Waals surface area (Å²) in [6.07, 6.45) is 1.75.